The molecule has 1 aromatic heterocycles. The van der Waals surface area contributed by atoms with Crippen LogP contribution in [0.5, 0.6) is 0 Å². The van der Waals surface area contributed by atoms with E-state index in [0.717, 1.165) is 6.20 Å². The van der Waals surface area contributed by atoms with E-state index in [1.54, 1.807) is 0 Å². The summed E-state index contributed by atoms with van der Waals surface area (Å²) in [4.78, 5) is 11.1. The Morgan fingerprint density at radius 1 is 1.46 bits per heavy atom. The van der Waals surface area contributed by atoms with E-state index in [9.17, 15) is 17.7 Å². The van der Waals surface area contributed by atoms with Gasteiger partial charge in [-0.2, -0.15) is 0 Å². The second-order valence-corrected chi connectivity index (χ2v) is 2.86. The summed E-state index contributed by atoms with van der Waals surface area (Å²) in [5, 5.41) is 0. The van der Waals surface area contributed by atoms with Gasteiger partial charge in [-0.05, 0) is 19.4 Å². The largest absolute Gasteiger partial charge is 0.497 e. The molecule has 0 amide bonds. The molecule has 2 nitrogen and oxygen atoms in total. The highest BCUT2D eigenvalue weighted by atomic mass is 19.4. The first-order valence-electron chi connectivity index (χ1n) is 3.77. The third kappa shape index (κ3) is 2.64. The van der Waals surface area contributed by atoms with Crippen LogP contribution in [0, 0.1) is 6.92 Å². The summed E-state index contributed by atoms with van der Waals surface area (Å²) in [5.74, 6) is 0. The Hall–Kier alpha value is -1.20. The van der Waals surface area contributed by atoms with Gasteiger partial charge in [0.25, 0.3) is 5.56 Å². The van der Waals surface area contributed by atoms with Gasteiger partial charge in [-0.1, -0.05) is 6.07 Å². The summed E-state index contributed by atoms with van der Waals surface area (Å²) >= 11 is 0. The number of aromatic nitrogens is 1. The second-order valence-electron chi connectivity index (χ2n) is 2.86. The molecule has 0 aromatic carbocycles. The average Bonchev–Trinajstić information content (AvgIpc) is 1.96. The molecule has 0 bridgehead atoms. The van der Waals surface area contributed by atoms with E-state index in [1.807, 2.05) is 0 Å². The van der Waals surface area contributed by atoms with Gasteiger partial charge in [0.1, 0.15) is 0 Å². The van der Waals surface area contributed by atoms with Crippen LogP contribution in [0.15, 0.2) is 23.1 Å². The predicted molar refractivity (Wildman–Crippen MR) is 44.5 cm³/mol. The summed E-state index contributed by atoms with van der Waals surface area (Å²) < 4.78 is 36.5. The fraction of sp³-hybridized carbons (Fsp3) is 0.286. The third-order valence-electron chi connectivity index (χ3n) is 1.61. The van der Waals surface area contributed by atoms with Crippen molar-refractivity contribution < 1.29 is 12.9 Å². The Labute approximate surface area is 73.1 Å². The Balaban J connectivity index is 3.03. The maximum atomic E-state index is 12.0. The molecule has 0 spiro atoms. The highest BCUT2D eigenvalue weighted by Gasteiger charge is 2.23. The van der Waals surface area contributed by atoms with Crippen molar-refractivity contribution in [3.63, 3.8) is 0 Å². The van der Waals surface area contributed by atoms with E-state index < -0.39 is 19.0 Å². The van der Waals surface area contributed by atoms with Crippen molar-refractivity contribution in [2.24, 2.45) is 0 Å². The van der Waals surface area contributed by atoms with E-state index in [0.29, 0.717) is 10.1 Å². The molecule has 0 N–H and O–H groups in total. The first-order chi connectivity index (χ1) is 5.90. The van der Waals surface area contributed by atoms with E-state index >= 15 is 0 Å². The van der Waals surface area contributed by atoms with Crippen LogP contribution in [0.3, 0.4) is 0 Å². The van der Waals surface area contributed by atoms with E-state index in [1.165, 1.54) is 19.1 Å². The van der Waals surface area contributed by atoms with Gasteiger partial charge in [0.2, 0.25) is 0 Å². The van der Waals surface area contributed by atoms with Crippen LogP contribution in [0.4, 0.5) is 12.9 Å². The molecule has 72 valence electrons. The monoisotopic (exact) mass is 190 g/mol. The minimum absolute atomic E-state index is 0.322. The van der Waals surface area contributed by atoms with E-state index in [-0.39, 0.29) is 0 Å². The molecule has 1 heterocycles. The van der Waals surface area contributed by atoms with Gasteiger partial charge >= 0.3 is 6.98 Å². The SMILES string of the molecule is Cc1cccn(C[B-](F)(F)F)c1=O. The number of pyridine rings is 1. The highest BCUT2D eigenvalue weighted by molar-refractivity contribution is 6.57. The molecule has 1 aromatic rings. The van der Waals surface area contributed by atoms with Crippen molar-refractivity contribution in [1.82, 2.24) is 4.57 Å². The lowest BCUT2D eigenvalue weighted by Crippen LogP contribution is -2.32. The Morgan fingerprint density at radius 2 is 2.08 bits per heavy atom. The van der Waals surface area contributed by atoms with Crippen molar-refractivity contribution in [3.05, 3.63) is 34.2 Å². The molecule has 0 aliphatic rings. The maximum absolute atomic E-state index is 12.0. The van der Waals surface area contributed by atoms with Crippen LogP contribution < -0.4 is 5.56 Å². The zero-order chi connectivity index (χ0) is 10.1. The van der Waals surface area contributed by atoms with Gasteiger partial charge < -0.3 is 17.5 Å². The lowest BCUT2D eigenvalue weighted by molar-refractivity contribution is 0.442. The molecule has 0 fully saturated rings. The molecule has 0 saturated carbocycles. The van der Waals surface area contributed by atoms with Crippen molar-refractivity contribution >= 4 is 6.98 Å². The lowest BCUT2D eigenvalue weighted by Gasteiger charge is -2.15. The Kier molecular flexibility index (Phi) is 2.49. The fourth-order valence-electron chi connectivity index (χ4n) is 1.02. The number of halogens is 3. The molecule has 6 heteroatoms. The van der Waals surface area contributed by atoms with Gasteiger partial charge in [-0.15, -0.1) is 0 Å². The van der Waals surface area contributed by atoms with Gasteiger partial charge in [-0.25, -0.2) is 0 Å². The van der Waals surface area contributed by atoms with Crippen LogP contribution >= 0.6 is 0 Å². The van der Waals surface area contributed by atoms with Crippen LogP contribution in [0.2, 0.25) is 0 Å². The van der Waals surface area contributed by atoms with Gasteiger partial charge in [0.05, 0.1) is 0 Å². The molecule has 1 rings (SSSR count). The smallest absolute Gasteiger partial charge is 0.448 e. The third-order valence-corrected chi connectivity index (χ3v) is 1.61. The Morgan fingerprint density at radius 3 is 2.62 bits per heavy atom. The topological polar surface area (TPSA) is 22.0 Å². The molecule has 0 saturated heterocycles. The summed E-state index contributed by atoms with van der Waals surface area (Å²) in [6.45, 7) is -3.46. The Bertz CT molecular complexity index is 357. The van der Waals surface area contributed by atoms with Crippen molar-refractivity contribution in [2.75, 3.05) is 0 Å². The number of rotatable bonds is 2. The molecule has 13 heavy (non-hydrogen) atoms. The van der Waals surface area contributed by atoms with Gasteiger partial charge in [-0.3, -0.25) is 4.79 Å². The summed E-state index contributed by atoms with van der Waals surface area (Å²) in [5.41, 5.74) is -0.260. The van der Waals surface area contributed by atoms with Crippen molar-refractivity contribution in [1.29, 1.82) is 0 Å². The van der Waals surface area contributed by atoms with Crippen molar-refractivity contribution in [2.45, 2.75) is 13.4 Å². The summed E-state index contributed by atoms with van der Waals surface area (Å²) in [6, 6.07) is 2.92. The minimum Gasteiger partial charge on any atom is -0.448 e. The summed E-state index contributed by atoms with van der Waals surface area (Å²) in [7, 11) is 0. The van der Waals surface area contributed by atoms with Gasteiger partial charge in [0.15, 0.2) is 0 Å². The standard InChI is InChI=1S/C7H8BF3NO/c1-6-3-2-4-12(7(6)13)5-8(9,10)11/h2-4H,5H2,1H3/q-1. The van der Waals surface area contributed by atoms with Crippen LogP contribution in [-0.4, -0.2) is 11.5 Å². The van der Waals surface area contributed by atoms with Crippen LogP contribution in [0.25, 0.3) is 0 Å². The highest BCUT2D eigenvalue weighted by Crippen LogP contribution is 2.09. The number of aryl methyl sites for hydroxylation is 1. The average molecular weight is 190 g/mol. The normalized spacial score (nSPS) is 11.7. The zero-order valence-electron chi connectivity index (χ0n) is 7.01. The number of hydrogen-bond donors (Lipinski definition) is 0. The van der Waals surface area contributed by atoms with Crippen LogP contribution in [-0.2, 0) is 6.44 Å². The quantitative estimate of drug-likeness (QED) is 0.648. The van der Waals surface area contributed by atoms with Crippen LogP contribution in [0.1, 0.15) is 5.56 Å². The van der Waals surface area contributed by atoms with E-state index in [4.69, 9.17) is 0 Å². The molecule has 0 aliphatic heterocycles. The first-order valence-corrected chi connectivity index (χ1v) is 3.77. The summed E-state index contributed by atoms with van der Waals surface area (Å²) in [6.07, 6.45) is -0.0227. The fourth-order valence-corrected chi connectivity index (χ4v) is 1.02. The number of nitrogens with zero attached hydrogens (tertiary/aromatic N) is 1. The molecule has 0 atom stereocenters. The lowest BCUT2D eigenvalue weighted by atomic mass is 9.92. The maximum Gasteiger partial charge on any atom is 0.497 e. The van der Waals surface area contributed by atoms with E-state index in [2.05, 4.69) is 0 Å². The predicted octanol–water partition coefficient (Wildman–Crippen LogP) is 1.54. The first kappa shape index (κ1) is 9.89. The van der Waals surface area contributed by atoms with Gasteiger partial charge in [0, 0.05) is 11.8 Å². The molecule has 0 aliphatic carbocycles. The van der Waals surface area contributed by atoms with Crippen molar-refractivity contribution in [3.8, 4) is 0 Å². The second kappa shape index (κ2) is 3.28. The molecule has 0 radical (unpaired) electrons. The number of hydrogen-bond acceptors (Lipinski definition) is 1. The molecular weight excluding hydrogens is 182 g/mol. The zero-order valence-corrected chi connectivity index (χ0v) is 7.01. The minimum atomic E-state index is -4.95. The molecule has 0 unspecified atom stereocenters. The molecular formula is C7H8BF3NO-.